The van der Waals surface area contributed by atoms with Crippen LogP contribution in [0.1, 0.15) is 43.4 Å². The van der Waals surface area contributed by atoms with E-state index in [1.54, 1.807) is 37.3 Å². The van der Waals surface area contributed by atoms with Gasteiger partial charge in [0.25, 0.3) is 0 Å². The molecular formula is C31H39N3O7. The van der Waals surface area contributed by atoms with E-state index < -0.39 is 42.0 Å². The van der Waals surface area contributed by atoms with Crippen LogP contribution < -0.4 is 16.0 Å². The van der Waals surface area contributed by atoms with Crippen molar-refractivity contribution in [3.8, 4) is 0 Å². The van der Waals surface area contributed by atoms with Crippen molar-refractivity contribution in [1.29, 1.82) is 0 Å². The number of nitrogens with one attached hydrogen (secondary N) is 3. The first kappa shape index (κ1) is 32.8. The number of amides is 3. The molecule has 2 aromatic carbocycles. The summed E-state index contributed by atoms with van der Waals surface area (Å²) in [7, 11) is 0. The minimum absolute atomic E-state index is 0.0352. The Labute approximate surface area is 240 Å². The van der Waals surface area contributed by atoms with Crippen molar-refractivity contribution in [3.05, 3.63) is 97.1 Å². The summed E-state index contributed by atoms with van der Waals surface area (Å²) in [4.78, 5) is 50.8. The number of ether oxygens (including phenoxy) is 2. The molecule has 0 unspecified atom stereocenters. The van der Waals surface area contributed by atoms with Crippen LogP contribution in [0, 0.1) is 5.92 Å². The minimum Gasteiger partial charge on any atom is -0.462 e. The molecule has 0 spiro atoms. The highest BCUT2D eigenvalue weighted by atomic mass is 16.6. The molecule has 3 amide bonds. The molecule has 0 bridgehead atoms. The van der Waals surface area contributed by atoms with E-state index >= 15 is 0 Å². The SMILES string of the molecule is C=CC[C@H](CC(=O)N[C@H](C)CO)C(=O)N[C@H](COC(=O)[C@@H](CC=C)NC(=O)OCc1ccccc1)c1ccccc1. The number of benzene rings is 2. The van der Waals surface area contributed by atoms with E-state index in [4.69, 9.17) is 9.47 Å². The van der Waals surface area contributed by atoms with E-state index in [1.165, 1.54) is 6.08 Å². The van der Waals surface area contributed by atoms with Gasteiger partial charge in [-0.1, -0.05) is 72.8 Å². The molecule has 0 aliphatic heterocycles. The van der Waals surface area contributed by atoms with Gasteiger partial charge < -0.3 is 30.5 Å². The molecule has 10 heteroatoms. The molecule has 0 saturated heterocycles. The van der Waals surface area contributed by atoms with Crippen LogP contribution in [0.15, 0.2) is 86.0 Å². The van der Waals surface area contributed by atoms with Gasteiger partial charge in [-0.25, -0.2) is 9.59 Å². The Kier molecular flexibility index (Phi) is 14.4. The molecule has 0 radical (unpaired) electrons. The third-order valence-electron chi connectivity index (χ3n) is 6.04. The number of carbonyl (C=O) groups excluding carboxylic acids is 4. The molecule has 220 valence electrons. The lowest BCUT2D eigenvalue weighted by molar-refractivity contribution is -0.147. The first-order valence-corrected chi connectivity index (χ1v) is 13.4. The number of esters is 1. The van der Waals surface area contributed by atoms with Crippen LogP contribution in [0.2, 0.25) is 0 Å². The molecule has 41 heavy (non-hydrogen) atoms. The topological polar surface area (TPSA) is 143 Å². The number of aliphatic hydroxyl groups excluding tert-OH is 1. The number of allylic oxidation sites excluding steroid dienone is 1. The summed E-state index contributed by atoms with van der Waals surface area (Å²) in [6.07, 6.45) is 2.47. The fourth-order valence-electron chi connectivity index (χ4n) is 3.84. The quantitative estimate of drug-likeness (QED) is 0.170. The van der Waals surface area contributed by atoms with E-state index in [9.17, 15) is 24.3 Å². The van der Waals surface area contributed by atoms with Gasteiger partial charge >= 0.3 is 12.1 Å². The lowest BCUT2D eigenvalue weighted by Crippen LogP contribution is -2.43. The summed E-state index contributed by atoms with van der Waals surface area (Å²) in [5, 5.41) is 17.2. The Hall–Kier alpha value is -4.44. The third-order valence-corrected chi connectivity index (χ3v) is 6.04. The van der Waals surface area contributed by atoms with Gasteiger partial charge in [-0.05, 0) is 30.9 Å². The largest absolute Gasteiger partial charge is 0.462 e. The second kappa shape index (κ2) is 18.0. The smallest absolute Gasteiger partial charge is 0.408 e. The van der Waals surface area contributed by atoms with Gasteiger partial charge in [0.2, 0.25) is 11.8 Å². The highest BCUT2D eigenvalue weighted by molar-refractivity contribution is 5.86. The van der Waals surface area contributed by atoms with Crippen LogP contribution in [-0.2, 0) is 30.5 Å². The number of aliphatic hydroxyl groups is 1. The number of rotatable bonds is 17. The molecule has 0 fully saturated rings. The summed E-state index contributed by atoms with van der Waals surface area (Å²) >= 11 is 0. The number of hydrogen-bond acceptors (Lipinski definition) is 7. The average Bonchev–Trinajstić information content (AvgIpc) is 2.98. The van der Waals surface area contributed by atoms with Crippen LogP contribution in [0.4, 0.5) is 4.79 Å². The number of carbonyl (C=O) groups is 4. The maximum atomic E-state index is 13.2. The summed E-state index contributed by atoms with van der Waals surface area (Å²) in [6.45, 7) is 8.56. The lowest BCUT2D eigenvalue weighted by atomic mass is 9.98. The molecule has 2 aromatic rings. The van der Waals surface area contributed by atoms with E-state index in [0.29, 0.717) is 5.56 Å². The second-order valence-electron chi connectivity index (χ2n) is 9.46. The molecule has 2 rings (SSSR count). The van der Waals surface area contributed by atoms with E-state index in [2.05, 4.69) is 29.1 Å². The molecule has 0 saturated carbocycles. The van der Waals surface area contributed by atoms with Crippen molar-refractivity contribution in [1.82, 2.24) is 16.0 Å². The second-order valence-corrected chi connectivity index (χ2v) is 9.46. The van der Waals surface area contributed by atoms with E-state index in [-0.39, 0.29) is 45.0 Å². The highest BCUT2D eigenvalue weighted by Gasteiger charge is 2.27. The maximum Gasteiger partial charge on any atom is 0.408 e. The molecule has 0 aliphatic carbocycles. The number of hydrogen-bond donors (Lipinski definition) is 4. The maximum absolute atomic E-state index is 13.2. The first-order chi connectivity index (χ1) is 19.8. The Balaban J connectivity index is 2.05. The summed E-state index contributed by atoms with van der Waals surface area (Å²) in [5.74, 6) is -2.26. The van der Waals surface area contributed by atoms with Gasteiger partial charge in [-0.2, -0.15) is 0 Å². The summed E-state index contributed by atoms with van der Waals surface area (Å²) < 4.78 is 10.7. The van der Waals surface area contributed by atoms with Crippen molar-refractivity contribution in [3.63, 3.8) is 0 Å². The Morgan fingerprint density at radius 1 is 0.878 bits per heavy atom. The predicted octanol–water partition coefficient (Wildman–Crippen LogP) is 3.34. The van der Waals surface area contributed by atoms with Crippen molar-refractivity contribution < 1.29 is 33.8 Å². The van der Waals surface area contributed by atoms with Gasteiger partial charge in [-0.15, -0.1) is 13.2 Å². The third kappa shape index (κ3) is 12.1. The van der Waals surface area contributed by atoms with E-state index in [1.807, 2.05) is 36.4 Å². The number of alkyl carbamates (subject to hydrolysis) is 1. The van der Waals surface area contributed by atoms with Gasteiger partial charge in [0.15, 0.2) is 0 Å². The van der Waals surface area contributed by atoms with Crippen LogP contribution in [0.25, 0.3) is 0 Å². The van der Waals surface area contributed by atoms with Crippen LogP contribution in [0.3, 0.4) is 0 Å². The predicted molar refractivity (Wildman–Crippen MR) is 154 cm³/mol. The molecule has 10 nitrogen and oxygen atoms in total. The van der Waals surface area contributed by atoms with Crippen molar-refractivity contribution >= 4 is 23.9 Å². The Morgan fingerprint density at radius 2 is 1.51 bits per heavy atom. The molecule has 0 aromatic heterocycles. The average molecular weight is 566 g/mol. The van der Waals surface area contributed by atoms with E-state index in [0.717, 1.165) is 5.56 Å². The molecule has 4 atom stereocenters. The molecular weight excluding hydrogens is 526 g/mol. The van der Waals surface area contributed by atoms with Crippen molar-refractivity contribution in [2.24, 2.45) is 5.92 Å². The monoisotopic (exact) mass is 565 g/mol. The molecule has 0 heterocycles. The summed E-state index contributed by atoms with van der Waals surface area (Å²) in [5.41, 5.74) is 1.47. The lowest BCUT2D eigenvalue weighted by Gasteiger charge is -2.24. The highest BCUT2D eigenvalue weighted by Crippen LogP contribution is 2.18. The first-order valence-electron chi connectivity index (χ1n) is 13.4. The van der Waals surface area contributed by atoms with Crippen LogP contribution in [0.5, 0.6) is 0 Å². The van der Waals surface area contributed by atoms with Crippen molar-refractivity contribution in [2.45, 2.75) is 50.9 Å². The van der Waals surface area contributed by atoms with Crippen LogP contribution in [-0.4, -0.2) is 54.3 Å². The zero-order chi connectivity index (χ0) is 30.0. The summed E-state index contributed by atoms with van der Waals surface area (Å²) in [6, 6.07) is 15.8. The fourth-order valence-corrected chi connectivity index (χ4v) is 3.84. The van der Waals surface area contributed by atoms with Gasteiger partial charge in [0, 0.05) is 12.5 Å². The van der Waals surface area contributed by atoms with Gasteiger partial charge in [0.05, 0.1) is 18.6 Å². The molecule has 0 aliphatic rings. The Morgan fingerprint density at radius 3 is 2.12 bits per heavy atom. The van der Waals surface area contributed by atoms with Crippen LogP contribution >= 0.6 is 0 Å². The van der Waals surface area contributed by atoms with Crippen molar-refractivity contribution in [2.75, 3.05) is 13.2 Å². The zero-order valence-electron chi connectivity index (χ0n) is 23.3. The van der Waals surface area contributed by atoms with Gasteiger partial charge in [-0.3, -0.25) is 9.59 Å². The minimum atomic E-state index is -1.05. The Bertz CT molecular complexity index is 1140. The molecule has 4 N–H and O–H groups in total. The zero-order valence-corrected chi connectivity index (χ0v) is 23.3. The standard InChI is InChI=1S/C31H39N3O7/c1-4-12-25(18-28(36)32-22(3)19-35)29(37)33-27(24-16-10-7-11-17-24)21-40-30(38)26(13-5-2)34-31(39)41-20-23-14-8-6-9-15-23/h4-11,14-17,22,25-27,35H,1-2,12-13,18-21H2,3H3,(H,32,36)(H,33,37)(H,34,39)/t22-,25-,26-,27-/m1/s1. The fraction of sp³-hybridized carbons (Fsp3) is 0.355. The normalized spacial score (nSPS) is 13.4. The van der Waals surface area contributed by atoms with Gasteiger partial charge in [0.1, 0.15) is 19.3 Å².